The van der Waals surface area contributed by atoms with Crippen molar-refractivity contribution in [2.24, 2.45) is 10.9 Å². The van der Waals surface area contributed by atoms with Gasteiger partial charge in [-0.15, -0.1) is 0 Å². The Morgan fingerprint density at radius 1 is 1.33 bits per heavy atom. The lowest BCUT2D eigenvalue weighted by atomic mass is 9.90. The maximum Gasteiger partial charge on any atom is 0.0844 e. The summed E-state index contributed by atoms with van der Waals surface area (Å²) in [5, 5.41) is 0. The van der Waals surface area contributed by atoms with Crippen molar-refractivity contribution in [3.8, 4) is 0 Å². The Kier molecular flexibility index (Phi) is 1.68. The molecule has 0 bridgehead atoms. The molecule has 0 fully saturated rings. The van der Waals surface area contributed by atoms with Crippen molar-refractivity contribution in [2.75, 3.05) is 0 Å². The van der Waals surface area contributed by atoms with Gasteiger partial charge in [-0.2, -0.15) is 0 Å². The molecule has 0 radical (unpaired) electrons. The summed E-state index contributed by atoms with van der Waals surface area (Å²) in [7, 11) is 0. The van der Waals surface area contributed by atoms with Crippen LogP contribution in [0.2, 0.25) is 0 Å². The summed E-state index contributed by atoms with van der Waals surface area (Å²) in [5.41, 5.74) is 2.16. The van der Waals surface area contributed by atoms with Gasteiger partial charge in [-0.05, 0) is 18.1 Å². The summed E-state index contributed by atoms with van der Waals surface area (Å²) < 4.78 is 0. The monoisotopic (exact) mass is 160 g/mol. The van der Waals surface area contributed by atoms with Crippen LogP contribution < -0.4 is 0 Å². The maximum atomic E-state index is 4.34. The van der Waals surface area contributed by atoms with Crippen molar-refractivity contribution in [3.63, 3.8) is 0 Å². The van der Waals surface area contributed by atoms with E-state index in [4.69, 9.17) is 0 Å². The standard InChI is InChI=1S/C10H12N2/c1-7-6-12-9-4-3-5-11-10(9)8(7)2/h3-8H,1-2H3. The van der Waals surface area contributed by atoms with E-state index in [-0.39, 0.29) is 0 Å². The number of aliphatic imine (C=N–C) groups is 1. The molecular formula is C10H12N2. The van der Waals surface area contributed by atoms with E-state index in [0.29, 0.717) is 11.8 Å². The molecule has 2 rings (SSSR count). The summed E-state index contributed by atoms with van der Waals surface area (Å²) in [4.78, 5) is 8.67. The predicted molar refractivity (Wildman–Crippen MR) is 50.0 cm³/mol. The molecular weight excluding hydrogens is 148 g/mol. The molecule has 2 nitrogen and oxygen atoms in total. The number of nitrogens with zero attached hydrogens (tertiary/aromatic N) is 2. The van der Waals surface area contributed by atoms with E-state index in [1.807, 2.05) is 24.5 Å². The van der Waals surface area contributed by atoms with Crippen molar-refractivity contribution in [1.82, 2.24) is 4.98 Å². The Labute approximate surface area is 72.4 Å². The minimum absolute atomic E-state index is 0.499. The number of pyridine rings is 1. The van der Waals surface area contributed by atoms with Crippen molar-refractivity contribution in [3.05, 3.63) is 24.0 Å². The first kappa shape index (κ1) is 7.47. The molecule has 2 heterocycles. The molecule has 0 aliphatic carbocycles. The highest BCUT2D eigenvalue weighted by Crippen LogP contribution is 2.32. The molecule has 2 heteroatoms. The Balaban J connectivity index is 2.52. The molecule has 2 unspecified atom stereocenters. The third-order valence-electron chi connectivity index (χ3n) is 2.48. The van der Waals surface area contributed by atoms with Gasteiger partial charge in [-0.3, -0.25) is 9.98 Å². The summed E-state index contributed by atoms with van der Waals surface area (Å²) in [6.45, 7) is 4.37. The number of fused-ring (bicyclic) bond motifs is 1. The Bertz CT molecular complexity index is 317. The minimum atomic E-state index is 0.499. The van der Waals surface area contributed by atoms with Gasteiger partial charge in [0.1, 0.15) is 0 Å². The third-order valence-corrected chi connectivity index (χ3v) is 2.48. The molecule has 0 aromatic carbocycles. The van der Waals surface area contributed by atoms with Crippen LogP contribution >= 0.6 is 0 Å². The molecule has 12 heavy (non-hydrogen) atoms. The van der Waals surface area contributed by atoms with Crippen molar-refractivity contribution >= 4 is 11.9 Å². The number of aromatic nitrogens is 1. The summed E-state index contributed by atoms with van der Waals surface area (Å²) in [5.74, 6) is 1.01. The average molecular weight is 160 g/mol. The predicted octanol–water partition coefficient (Wildman–Crippen LogP) is 2.54. The highest BCUT2D eigenvalue weighted by Gasteiger charge is 2.20. The quantitative estimate of drug-likeness (QED) is 0.572. The molecule has 1 aromatic rings. The highest BCUT2D eigenvalue weighted by molar-refractivity contribution is 5.71. The van der Waals surface area contributed by atoms with E-state index in [2.05, 4.69) is 23.8 Å². The van der Waals surface area contributed by atoms with E-state index in [0.717, 1.165) is 11.4 Å². The zero-order chi connectivity index (χ0) is 8.55. The van der Waals surface area contributed by atoms with Gasteiger partial charge in [-0.1, -0.05) is 13.8 Å². The second-order valence-electron chi connectivity index (χ2n) is 3.33. The first-order valence-corrected chi connectivity index (χ1v) is 4.28. The van der Waals surface area contributed by atoms with Gasteiger partial charge >= 0.3 is 0 Å². The van der Waals surface area contributed by atoms with E-state index in [1.54, 1.807) is 0 Å². The molecule has 1 aliphatic heterocycles. The van der Waals surface area contributed by atoms with Crippen LogP contribution in [0, 0.1) is 5.92 Å². The zero-order valence-corrected chi connectivity index (χ0v) is 7.36. The number of hydrogen-bond donors (Lipinski definition) is 0. The molecule has 2 atom stereocenters. The van der Waals surface area contributed by atoms with Crippen molar-refractivity contribution in [1.29, 1.82) is 0 Å². The van der Waals surface area contributed by atoms with Crippen molar-refractivity contribution in [2.45, 2.75) is 19.8 Å². The SMILES string of the molecule is CC1C=Nc2cccnc2C1C. The third kappa shape index (κ3) is 1.04. The van der Waals surface area contributed by atoms with E-state index >= 15 is 0 Å². The van der Waals surface area contributed by atoms with Gasteiger partial charge in [0.05, 0.1) is 11.4 Å². The fourth-order valence-corrected chi connectivity index (χ4v) is 1.45. The average Bonchev–Trinajstić information content (AvgIpc) is 2.12. The summed E-state index contributed by atoms with van der Waals surface area (Å²) in [6, 6.07) is 3.94. The summed E-state index contributed by atoms with van der Waals surface area (Å²) in [6.07, 6.45) is 3.84. The lowest BCUT2D eigenvalue weighted by Gasteiger charge is -2.20. The Hall–Kier alpha value is -1.18. The molecule has 1 aromatic heterocycles. The first-order valence-electron chi connectivity index (χ1n) is 4.28. The molecule has 0 spiro atoms. The van der Waals surface area contributed by atoms with Gasteiger partial charge in [0, 0.05) is 18.3 Å². The second-order valence-corrected chi connectivity index (χ2v) is 3.33. The van der Waals surface area contributed by atoms with Crippen LogP contribution in [0.5, 0.6) is 0 Å². The minimum Gasteiger partial charge on any atom is -0.259 e. The zero-order valence-electron chi connectivity index (χ0n) is 7.36. The van der Waals surface area contributed by atoms with E-state index < -0.39 is 0 Å². The van der Waals surface area contributed by atoms with Crippen LogP contribution in [0.4, 0.5) is 5.69 Å². The molecule has 0 amide bonds. The Morgan fingerprint density at radius 2 is 2.17 bits per heavy atom. The molecule has 0 saturated carbocycles. The van der Waals surface area contributed by atoms with Gasteiger partial charge in [0.2, 0.25) is 0 Å². The Morgan fingerprint density at radius 3 is 3.00 bits per heavy atom. The maximum absolute atomic E-state index is 4.34. The molecule has 62 valence electrons. The van der Waals surface area contributed by atoms with Crippen LogP contribution in [-0.2, 0) is 0 Å². The van der Waals surface area contributed by atoms with Crippen LogP contribution in [0.15, 0.2) is 23.3 Å². The van der Waals surface area contributed by atoms with Gasteiger partial charge in [0.25, 0.3) is 0 Å². The van der Waals surface area contributed by atoms with Crippen molar-refractivity contribution < 1.29 is 0 Å². The molecule has 0 N–H and O–H groups in total. The van der Waals surface area contributed by atoms with Gasteiger partial charge in [0.15, 0.2) is 0 Å². The first-order chi connectivity index (χ1) is 5.79. The lowest BCUT2D eigenvalue weighted by molar-refractivity contribution is 0.609. The van der Waals surface area contributed by atoms with E-state index in [9.17, 15) is 0 Å². The second kappa shape index (κ2) is 2.70. The number of rotatable bonds is 0. The summed E-state index contributed by atoms with van der Waals surface area (Å²) >= 11 is 0. The smallest absolute Gasteiger partial charge is 0.0844 e. The van der Waals surface area contributed by atoms with Gasteiger partial charge < -0.3 is 0 Å². The van der Waals surface area contributed by atoms with E-state index in [1.165, 1.54) is 0 Å². The topological polar surface area (TPSA) is 25.2 Å². The fourth-order valence-electron chi connectivity index (χ4n) is 1.45. The lowest BCUT2D eigenvalue weighted by Crippen LogP contribution is -2.12. The number of hydrogen-bond acceptors (Lipinski definition) is 2. The van der Waals surface area contributed by atoms with Crippen LogP contribution in [-0.4, -0.2) is 11.2 Å². The largest absolute Gasteiger partial charge is 0.259 e. The highest BCUT2D eigenvalue weighted by atomic mass is 14.8. The normalized spacial score (nSPS) is 26.8. The fraction of sp³-hybridized carbons (Fsp3) is 0.400. The van der Waals surface area contributed by atoms with Gasteiger partial charge in [-0.25, -0.2) is 0 Å². The van der Waals surface area contributed by atoms with Crippen LogP contribution in [0.3, 0.4) is 0 Å². The van der Waals surface area contributed by atoms with Crippen LogP contribution in [0.25, 0.3) is 0 Å². The molecule has 0 saturated heterocycles. The molecule has 1 aliphatic rings. The van der Waals surface area contributed by atoms with Crippen LogP contribution in [0.1, 0.15) is 25.5 Å².